The molecule has 0 unspecified atom stereocenters. The van der Waals surface area contributed by atoms with Gasteiger partial charge in [-0.25, -0.2) is 4.98 Å². The number of para-hydroxylation sites is 2. The van der Waals surface area contributed by atoms with E-state index in [-0.39, 0.29) is 24.2 Å². The summed E-state index contributed by atoms with van der Waals surface area (Å²) in [5.41, 5.74) is -0.723. The van der Waals surface area contributed by atoms with Crippen LogP contribution in [0, 0.1) is 13.8 Å². The van der Waals surface area contributed by atoms with Gasteiger partial charge in [-0.05, 0) is 43.2 Å². The Kier molecular flexibility index (Phi) is 5.42. The highest BCUT2D eigenvalue weighted by molar-refractivity contribution is 5.74. The predicted molar refractivity (Wildman–Crippen MR) is 98.4 cm³/mol. The number of halogens is 3. The lowest BCUT2D eigenvalue weighted by Crippen LogP contribution is -2.35. The minimum Gasteiger partial charge on any atom is -0.491 e. The molecule has 0 aliphatic heterocycles. The van der Waals surface area contributed by atoms with Crippen molar-refractivity contribution in [1.82, 2.24) is 9.55 Å². The van der Waals surface area contributed by atoms with E-state index in [0.717, 1.165) is 15.7 Å². The van der Waals surface area contributed by atoms with Crippen LogP contribution < -0.4 is 10.3 Å². The normalized spacial score (nSPS) is 12.9. The first-order chi connectivity index (χ1) is 13.2. The molecule has 0 saturated carbocycles. The van der Waals surface area contributed by atoms with Crippen LogP contribution in [0.25, 0.3) is 11.0 Å². The Hall–Kier alpha value is -2.87. The topological polar surface area (TPSA) is 64.3 Å². The van der Waals surface area contributed by atoms with Crippen LogP contribution in [0.2, 0.25) is 0 Å². The highest BCUT2D eigenvalue weighted by Crippen LogP contribution is 2.26. The van der Waals surface area contributed by atoms with Crippen molar-refractivity contribution in [1.29, 1.82) is 0 Å². The average molecular weight is 392 g/mol. The molecule has 148 valence electrons. The molecule has 1 heterocycles. The lowest BCUT2D eigenvalue weighted by atomic mass is 10.1. The van der Waals surface area contributed by atoms with Crippen LogP contribution in [-0.4, -0.2) is 27.4 Å². The van der Waals surface area contributed by atoms with E-state index in [9.17, 15) is 23.1 Å². The van der Waals surface area contributed by atoms with Crippen molar-refractivity contribution in [3.63, 3.8) is 0 Å². The van der Waals surface area contributed by atoms with Gasteiger partial charge in [0.25, 0.3) is 5.56 Å². The summed E-state index contributed by atoms with van der Waals surface area (Å²) >= 11 is 0. The smallest absolute Gasteiger partial charge is 0.438 e. The van der Waals surface area contributed by atoms with E-state index in [4.69, 9.17) is 4.74 Å². The summed E-state index contributed by atoms with van der Waals surface area (Å²) in [6.07, 6.45) is -6.08. The molecule has 1 N–H and O–H groups in total. The quantitative estimate of drug-likeness (QED) is 0.722. The van der Waals surface area contributed by atoms with Gasteiger partial charge in [0.1, 0.15) is 18.5 Å². The van der Waals surface area contributed by atoms with Crippen molar-refractivity contribution in [2.75, 3.05) is 6.61 Å². The van der Waals surface area contributed by atoms with Gasteiger partial charge in [-0.3, -0.25) is 4.79 Å². The molecule has 3 aromatic rings. The van der Waals surface area contributed by atoms with E-state index in [0.29, 0.717) is 5.75 Å². The molecule has 0 radical (unpaired) electrons. The molecule has 3 rings (SSSR count). The maximum atomic E-state index is 13.2. The van der Waals surface area contributed by atoms with Gasteiger partial charge >= 0.3 is 6.18 Å². The molecule has 0 aliphatic rings. The molecule has 0 bridgehead atoms. The van der Waals surface area contributed by atoms with Crippen LogP contribution in [0.15, 0.2) is 47.3 Å². The van der Waals surface area contributed by atoms with Gasteiger partial charge < -0.3 is 14.4 Å². The Morgan fingerprint density at radius 1 is 1.18 bits per heavy atom. The molecule has 0 amide bonds. The van der Waals surface area contributed by atoms with Gasteiger partial charge in [-0.2, -0.15) is 13.2 Å². The highest BCUT2D eigenvalue weighted by atomic mass is 19.4. The highest BCUT2D eigenvalue weighted by Gasteiger charge is 2.37. The van der Waals surface area contributed by atoms with Crippen LogP contribution >= 0.6 is 0 Å². The van der Waals surface area contributed by atoms with E-state index in [1.807, 2.05) is 26.0 Å². The van der Waals surface area contributed by atoms with Crippen molar-refractivity contribution < 1.29 is 23.0 Å². The molecular weight excluding hydrogens is 373 g/mol. The monoisotopic (exact) mass is 392 g/mol. The van der Waals surface area contributed by atoms with Gasteiger partial charge in [0, 0.05) is 0 Å². The summed E-state index contributed by atoms with van der Waals surface area (Å²) < 4.78 is 46.0. The number of aliphatic hydroxyl groups is 1. The number of alkyl halides is 3. The molecular formula is C20H19F3N2O3. The fourth-order valence-corrected chi connectivity index (χ4v) is 2.87. The molecule has 5 nitrogen and oxygen atoms in total. The first-order valence-electron chi connectivity index (χ1n) is 8.61. The van der Waals surface area contributed by atoms with Gasteiger partial charge in [-0.1, -0.05) is 24.3 Å². The van der Waals surface area contributed by atoms with E-state index in [1.54, 1.807) is 12.1 Å². The average Bonchev–Trinajstić information content (AvgIpc) is 2.63. The number of nitrogens with zero attached hydrogens (tertiary/aromatic N) is 2. The van der Waals surface area contributed by atoms with Crippen LogP contribution in [0.1, 0.15) is 16.8 Å². The van der Waals surface area contributed by atoms with E-state index < -0.39 is 23.5 Å². The molecule has 2 aromatic carbocycles. The second-order valence-corrected chi connectivity index (χ2v) is 6.60. The second kappa shape index (κ2) is 7.63. The number of rotatable bonds is 5. The largest absolute Gasteiger partial charge is 0.491 e. The Bertz CT molecular complexity index is 1060. The van der Waals surface area contributed by atoms with Crippen molar-refractivity contribution in [2.45, 2.75) is 32.7 Å². The van der Waals surface area contributed by atoms with Crippen molar-refractivity contribution >= 4 is 11.0 Å². The van der Waals surface area contributed by atoms with Crippen molar-refractivity contribution in [2.24, 2.45) is 0 Å². The number of aryl methyl sites for hydroxylation is 2. The number of aromatic nitrogens is 2. The lowest BCUT2D eigenvalue weighted by Gasteiger charge is -2.18. The fourth-order valence-electron chi connectivity index (χ4n) is 2.87. The summed E-state index contributed by atoms with van der Waals surface area (Å²) in [5.74, 6) is 0.571. The van der Waals surface area contributed by atoms with Crippen LogP contribution in [0.5, 0.6) is 5.75 Å². The summed E-state index contributed by atoms with van der Waals surface area (Å²) in [5, 5.41) is 10.3. The van der Waals surface area contributed by atoms with Crippen LogP contribution in [-0.2, 0) is 12.7 Å². The molecule has 1 aromatic heterocycles. The van der Waals surface area contributed by atoms with E-state index in [2.05, 4.69) is 4.98 Å². The number of benzene rings is 2. The Labute approximate surface area is 159 Å². The van der Waals surface area contributed by atoms with Crippen LogP contribution in [0.4, 0.5) is 13.2 Å². The second-order valence-electron chi connectivity index (χ2n) is 6.60. The number of hydrogen-bond acceptors (Lipinski definition) is 4. The first kappa shape index (κ1) is 19.9. The molecule has 0 spiro atoms. The number of ether oxygens (including phenoxy) is 1. The lowest BCUT2D eigenvalue weighted by molar-refractivity contribution is -0.142. The molecule has 8 heteroatoms. The van der Waals surface area contributed by atoms with Gasteiger partial charge in [0.05, 0.1) is 17.6 Å². The predicted octanol–water partition coefficient (Wildman–Crippen LogP) is 3.47. The Balaban J connectivity index is 1.89. The van der Waals surface area contributed by atoms with Crippen LogP contribution in [0.3, 0.4) is 0 Å². The Morgan fingerprint density at radius 3 is 2.61 bits per heavy atom. The van der Waals surface area contributed by atoms with Crippen molar-refractivity contribution in [3.8, 4) is 5.75 Å². The zero-order chi connectivity index (χ0) is 20.5. The molecule has 28 heavy (non-hydrogen) atoms. The van der Waals surface area contributed by atoms with E-state index in [1.165, 1.54) is 18.2 Å². The number of hydrogen-bond donors (Lipinski definition) is 1. The fraction of sp³-hybridized carbons (Fsp3) is 0.300. The minimum absolute atomic E-state index is 0.0251. The van der Waals surface area contributed by atoms with Gasteiger partial charge in [0.2, 0.25) is 5.69 Å². The van der Waals surface area contributed by atoms with Crippen molar-refractivity contribution in [3.05, 3.63) is 69.6 Å². The van der Waals surface area contributed by atoms with Gasteiger partial charge in [0.15, 0.2) is 0 Å². The Morgan fingerprint density at radius 2 is 1.89 bits per heavy atom. The first-order valence-corrected chi connectivity index (χ1v) is 8.61. The SMILES string of the molecule is Cc1ccc(C)c(OC[C@@H](O)Cn2c(=O)c(C(F)(F)F)nc3ccccc32)c1. The third kappa shape index (κ3) is 4.17. The number of aliphatic hydroxyl groups excluding tert-OH is 1. The summed E-state index contributed by atoms with van der Waals surface area (Å²) in [4.78, 5) is 15.8. The van der Waals surface area contributed by atoms with E-state index >= 15 is 0 Å². The summed E-state index contributed by atoms with van der Waals surface area (Å²) in [7, 11) is 0. The molecule has 0 saturated heterocycles. The maximum absolute atomic E-state index is 13.2. The number of fused-ring (bicyclic) bond motifs is 1. The third-order valence-corrected chi connectivity index (χ3v) is 4.29. The maximum Gasteiger partial charge on any atom is 0.438 e. The molecule has 0 fully saturated rings. The molecule has 1 atom stereocenters. The zero-order valence-electron chi connectivity index (χ0n) is 15.3. The zero-order valence-corrected chi connectivity index (χ0v) is 15.3. The minimum atomic E-state index is -4.89. The van der Waals surface area contributed by atoms with Gasteiger partial charge in [-0.15, -0.1) is 0 Å². The standard InChI is InChI=1S/C20H19F3N2O3/c1-12-7-8-13(2)17(9-12)28-11-14(26)10-25-16-6-4-3-5-15(16)24-18(19(25)27)20(21,22)23/h3-9,14,26H,10-11H2,1-2H3/t14-/m0/s1. The summed E-state index contributed by atoms with van der Waals surface area (Å²) in [6, 6.07) is 11.6. The summed E-state index contributed by atoms with van der Waals surface area (Å²) in [6.45, 7) is 3.21. The third-order valence-electron chi connectivity index (χ3n) is 4.29. The molecule has 0 aliphatic carbocycles.